The normalized spacial score (nSPS) is 12.7. The molecule has 1 aliphatic heterocycles. The summed E-state index contributed by atoms with van der Waals surface area (Å²) < 4.78 is 22.5. The molecule has 1 amide bonds. The van der Waals surface area contributed by atoms with E-state index in [1.807, 2.05) is 13.0 Å². The molecule has 0 atom stereocenters. The molecule has 1 aliphatic rings. The summed E-state index contributed by atoms with van der Waals surface area (Å²) in [6.45, 7) is 3.29. The molecule has 0 fully saturated rings. The molecule has 3 rings (SSSR count). The highest BCUT2D eigenvalue weighted by Gasteiger charge is 2.16. The fourth-order valence-corrected chi connectivity index (χ4v) is 3.15. The number of nitrogens with one attached hydrogen (secondary N) is 1. The first kappa shape index (κ1) is 20.6. The molecule has 0 radical (unpaired) electrons. The van der Waals surface area contributed by atoms with Gasteiger partial charge < -0.3 is 24.3 Å². The molecular formula is C21H19BrN2O5. The number of fused-ring (bicyclic) bond motifs is 1. The predicted molar refractivity (Wildman–Crippen MR) is 112 cm³/mol. The third-order valence-electron chi connectivity index (χ3n) is 4.05. The van der Waals surface area contributed by atoms with Gasteiger partial charge in [0.2, 0.25) is 0 Å². The van der Waals surface area contributed by atoms with Gasteiger partial charge in [0.25, 0.3) is 5.91 Å². The minimum absolute atomic E-state index is 0.0631. The predicted octanol–water partition coefficient (Wildman–Crippen LogP) is 4.17. The molecule has 0 saturated heterocycles. The average molecular weight is 459 g/mol. The highest BCUT2D eigenvalue weighted by atomic mass is 79.9. The molecule has 8 heteroatoms. The van der Waals surface area contributed by atoms with E-state index in [9.17, 15) is 10.1 Å². The number of hydrogen-bond acceptors (Lipinski definition) is 6. The van der Waals surface area contributed by atoms with E-state index < -0.39 is 5.91 Å². The summed E-state index contributed by atoms with van der Waals surface area (Å²) in [4.78, 5) is 12.6. The molecule has 0 aromatic heterocycles. The summed E-state index contributed by atoms with van der Waals surface area (Å²) in [5.74, 6) is 1.71. The standard InChI is InChI=1S/C21H19BrN2O5/c1-3-27-20-11-16(22)13(9-18(20)26-2)8-14(12-23)21(25)24-15-4-5-17-19(10-15)29-7-6-28-17/h4-5,8-11H,3,6-7H2,1-2H3,(H,24,25). The van der Waals surface area contributed by atoms with E-state index in [2.05, 4.69) is 21.2 Å². The number of carbonyl (C=O) groups excluding carboxylic acids is 1. The number of carbonyl (C=O) groups is 1. The molecule has 1 N–H and O–H groups in total. The third kappa shape index (κ3) is 4.81. The maximum atomic E-state index is 12.6. The number of halogens is 1. The number of rotatable bonds is 6. The number of hydrogen-bond donors (Lipinski definition) is 1. The summed E-state index contributed by atoms with van der Waals surface area (Å²) in [6, 6.07) is 10.4. The summed E-state index contributed by atoms with van der Waals surface area (Å²) in [5.41, 5.74) is 1.05. The van der Waals surface area contributed by atoms with Crippen LogP contribution in [0.1, 0.15) is 12.5 Å². The van der Waals surface area contributed by atoms with Crippen LogP contribution in [-0.4, -0.2) is 32.8 Å². The fourth-order valence-electron chi connectivity index (χ4n) is 2.71. The molecule has 0 unspecified atom stereocenters. The van der Waals surface area contributed by atoms with E-state index in [4.69, 9.17) is 18.9 Å². The van der Waals surface area contributed by atoms with Crippen molar-refractivity contribution in [3.05, 3.63) is 45.9 Å². The number of nitriles is 1. The molecule has 29 heavy (non-hydrogen) atoms. The Morgan fingerprint density at radius 2 is 2.00 bits per heavy atom. The van der Waals surface area contributed by atoms with Crippen molar-refractivity contribution in [3.63, 3.8) is 0 Å². The lowest BCUT2D eigenvalue weighted by molar-refractivity contribution is -0.112. The number of benzene rings is 2. The van der Waals surface area contributed by atoms with Gasteiger partial charge in [0.1, 0.15) is 24.9 Å². The smallest absolute Gasteiger partial charge is 0.266 e. The van der Waals surface area contributed by atoms with Crippen LogP contribution in [0.15, 0.2) is 40.4 Å². The second-order valence-corrected chi connectivity index (χ2v) is 6.79. The van der Waals surface area contributed by atoms with Gasteiger partial charge in [0.15, 0.2) is 23.0 Å². The zero-order chi connectivity index (χ0) is 20.8. The van der Waals surface area contributed by atoms with Crippen molar-refractivity contribution in [2.45, 2.75) is 6.92 Å². The largest absolute Gasteiger partial charge is 0.493 e. The van der Waals surface area contributed by atoms with Crippen LogP contribution < -0.4 is 24.3 Å². The van der Waals surface area contributed by atoms with E-state index in [0.29, 0.717) is 58.5 Å². The van der Waals surface area contributed by atoms with Gasteiger partial charge in [-0.25, -0.2) is 0 Å². The highest BCUT2D eigenvalue weighted by Crippen LogP contribution is 2.35. The Balaban J connectivity index is 1.84. The Bertz CT molecular complexity index is 997. The van der Waals surface area contributed by atoms with E-state index in [-0.39, 0.29) is 5.57 Å². The van der Waals surface area contributed by atoms with Gasteiger partial charge in [0, 0.05) is 16.2 Å². The monoisotopic (exact) mass is 458 g/mol. The van der Waals surface area contributed by atoms with Gasteiger partial charge in [-0.3, -0.25) is 4.79 Å². The maximum Gasteiger partial charge on any atom is 0.266 e. The SMILES string of the molecule is CCOc1cc(Br)c(C=C(C#N)C(=O)Nc2ccc3c(c2)OCCO3)cc1OC. The van der Waals surface area contributed by atoms with Crippen LogP contribution in [0, 0.1) is 11.3 Å². The number of nitrogens with zero attached hydrogens (tertiary/aromatic N) is 1. The molecule has 0 spiro atoms. The van der Waals surface area contributed by atoms with Gasteiger partial charge in [-0.1, -0.05) is 15.9 Å². The van der Waals surface area contributed by atoms with Crippen LogP contribution in [0.2, 0.25) is 0 Å². The molecule has 0 bridgehead atoms. The van der Waals surface area contributed by atoms with Crippen molar-refractivity contribution < 1.29 is 23.7 Å². The fraction of sp³-hybridized carbons (Fsp3) is 0.238. The first-order valence-corrected chi connectivity index (χ1v) is 9.68. The van der Waals surface area contributed by atoms with E-state index in [1.165, 1.54) is 13.2 Å². The van der Waals surface area contributed by atoms with Crippen LogP contribution in [0.3, 0.4) is 0 Å². The van der Waals surface area contributed by atoms with E-state index >= 15 is 0 Å². The van der Waals surface area contributed by atoms with Crippen LogP contribution in [0.5, 0.6) is 23.0 Å². The lowest BCUT2D eigenvalue weighted by atomic mass is 10.1. The van der Waals surface area contributed by atoms with E-state index in [0.717, 1.165) is 0 Å². The molecule has 1 heterocycles. The third-order valence-corrected chi connectivity index (χ3v) is 4.73. The van der Waals surface area contributed by atoms with Crippen molar-refractivity contribution in [2.24, 2.45) is 0 Å². The number of methoxy groups -OCH3 is 1. The summed E-state index contributed by atoms with van der Waals surface area (Å²) >= 11 is 3.44. The Kier molecular flexibility index (Phi) is 6.62. The molecule has 2 aromatic carbocycles. The minimum atomic E-state index is -0.538. The number of amides is 1. The molecule has 0 aliphatic carbocycles. The van der Waals surface area contributed by atoms with Crippen molar-refractivity contribution in [2.75, 3.05) is 32.2 Å². The van der Waals surface area contributed by atoms with Crippen LogP contribution in [-0.2, 0) is 4.79 Å². The Labute approximate surface area is 177 Å². The van der Waals surface area contributed by atoms with Crippen molar-refractivity contribution in [3.8, 4) is 29.1 Å². The van der Waals surface area contributed by atoms with Crippen LogP contribution >= 0.6 is 15.9 Å². The summed E-state index contributed by atoms with van der Waals surface area (Å²) in [7, 11) is 1.53. The molecule has 150 valence electrons. The van der Waals surface area contributed by atoms with Crippen molar-refractivity contribution in [1.82, 2.24) is 0 Å². The Hall–Kier alpha value is -3.18. The van der Waals surface area contributed by atoms with Gasteiger partial charge in [-0.2, -0.15) is 5.26 Å². The topological polar surface area (TPSA) is 89.8 Å². The van der Waals surface area contributed by atoms with Crippen molar-refractivity contribution >= 4 is 33.6 Å². The van der Waals surface area contributed by atoms with E-state index in [1.54, 1.807) is 30.3 Å². The summed E-state index contributed by atoms with van der Waals surface area (Å²) in [5, 5.41) is 12.2. The lowest BCUT2D eigenvalue weighted by Crippen LogP contribution is -2.17. The Morgan fingerprint density at radius 3 is 2.69 bits per heavy atom. The van der Waals surface area contributed by atoms with Crippen LogP contribution in [0.25, 0.3) is 6.08 Å². The first-order valence-electron chi connectivity index (χ1n) is 8.88. The quantitative estimate of drug-likeness (QED) is 0.515. The number of ether oxygens (including phenoxy) is 4. The summed E-state index contributed by atoms with van der Waals surface area (Å²) in [6.07, 6.45) is 1.48. The minimum Gasteiger partial charge on any atom is -0.493 e. The Morgan fingerprint density at radius 1 is 1.24 bits per heavy atom. The highest BCUT2D eigenvalue weighted by molar-refractivity contribution is 9.10. The maximum absolute atomic E-state index is 12.6. The van der Waals surface area contributed by atoms with Gasteiger partial charge in [0.05, 0.1) is 13.7 Å². The van der Waals surface area contributed by atoms with Crippen molar-refractivity contribution in [1.29, 1.82) is 5.26 Å². The van der Waals surface area contributed by atoms with Gasteiger partial charge in [-0.15, -0.1) is 0 Å². The second kappa shape index (κ2) is 9.34. The van der Waals surface area contributed by atoms with Crippen LogP contribution in [0.4, 0.5) is 5.69 Å². The molecular weight excluding hydrogens is 440 g/mol. The first-order chi connectivity index (χ1) is 14.0. The van der Waals surface area contributed by atoms with Gasteiger partial charge in [-0.05, 0) is 42.8 Å². The average Bonchev–Trinajstić information content (AvgIpc) is 2.73. The molecule has 0 saturated carbocycles. The lowest BCUT2D eigenvalue weighted by Gasteiger charge is -2.19. The zero-order valence-corrected chi connectivity index (χ0v) is 17.5. The zero-order valence-electron chi connectivity index (χ0n) is 16.0. The molecule has 7 nitrogen and oxygen atoms in total. The second-order valence-electron chi connectivity index (χ2n) is 5.94. The number of anilines is 1. The molecule has 2 aromatic rings. The van der Waals surface area contributed by atoms with Gasteiger partial charge >= 0.3 is 0 Å².